The molecule has 2 fully saturated rings. The average molecular weight is 357 g/mol. The van der Waals surface area contributed by atoms with Crippen LogP contribution in [-0.4, -0.2) is 28.8 Å². The molecule has 0 aliphatic heterocycles. The first-order chi connectivity index (χ1) is 9.60. The molecule has 1 heterocycles. The number of methoxy groups -OCH3 is 1. The van der Waals surface area contributed by atoms with E-state index in [-0.39, 0.29) is 11.4 Å². The molecule has 0 radical (unpaired) electrons. The number of esters is 1. The van der Waals surface area contributed by atoms with E-state index in [2.05, 4.69) is 25.9 Å². The van der Waals surface area contributed by atoms with Crippen LogP contribution in [0.2, 0.25) is 0 Å². The van der Waals surface area contributed by atoms with Crippen molar-refractivity contribution in [3.05, 3.63) is 16.5 Å². The standard InChI is InChI=1S/C14H17BrN2O2S/c1-19-12(18)7-14(4-5-14)8-20-11-6-10(15)16-13(17-11)9-2-3-9/h6,9H,2-5,7-8H2,1H3. The van der Waals surface area contributed by atoms with Crippen molar-refractivity contribution in [3.8, 4) is 0 Å². The quantitative estimate of drug-likeness (QED) is 0.443. The van der Waals surface area contributed by atoms with Gasteiger partial charge in [-0.2, -0.15) is 0 Å². The Morgan fingerprint density at radius 2 is 2.25 bits per heavy atom. The molecule has 0 spiro atoms. The summed E-state index contributed by atoms with van der Waals surface area (Å²) in [5.41, 5.74) is 0.134. The number of hydrogen-bond donors (Lipinski definition) is 0. The van der Waals surface area contributed by atoms with E-state index >= 15 is 0 Å². The second-order valence-electron chi connectivity index (χ2n) is 5.70. The van der Waals surface area contributed by atoms with Gasteiger partial charge in [0.05, 0.1) is 13.5 Å². The van der Waals surface area contributed by atoms with E-state index < -0.39 is 0 Å². The summed E-state index contributed by atoms with van der Waals surface area (Å²) in [4.78, 5) is 20.5. The van der Waals surface area contributed by atoms with Crippen molar-refractivity contribution >= 4 is 33.7 Å². The Labute approximate surface area is 131 Å². The second-order valence-corrected chi connectivity index (χ2v) is 7.51. The lowest BCUT2D eigenvalue weighted by Crippen LogP contribution is -2.13. The zero-order chi connectivity index (χ0) is 14.2. The second kappa shape index (κ2) is 5.64. The highest BCUT2D eigenvalue weighted by Crippen LogP contribution is 2.52. The van der Waals surface area contributed by atoms with Crippen LogP contribution in [0, 0.1) is 5.41 Å². The van der Waals surface area contributed by atoms with Crippen molar-refractivity contribution in [2.75, 3.05) is 12.9 Å². The minimum atomic E-state index is -0.106. The highest BCUT2D eigenvalue weighted by atomic mass is 79.9. The van der Waals surface area contributed by atoms with Crippen LogP contribution in [0.5, 0.6) is 0 Å². The van der Waals surface area contributed by atoms with E-state index in [1.54, 1.807) is 11.8 Å². The van der Waals surface area contributed by atoms with Crippen LogP contribution in [0.4, 0.5) is 0 Å². The maximum atomic E-state index is 11.4. The molecule has 0 unspecified atom stereocenters. The zero-order valence-corrected chi connectivity index (χ0v) is 13.8. The Balaban J connectivity index is 1.62. The van der Waals surface area contributed by atoms with Crippen molar-refractivity contribution in [2.24, 2.45) is 5.41 Å². The molecule has 0 saturated heterocycles. The number of carbonyl (C=O) groups excluding carboxylic acids is 1. The molecule has 0 N–H and O–H groups in total. The monoisotopic (exact) mass is 356 g/mol. The van der Waals surface area contributed by atoms with Gasteiger partial charge in [0.2, 0.25) is 0 Å². The number of ether oxygens (including phenoxy) is 1. The third-order valence-corrected chi connectivity index (χ3v) is 5.53. The van der Waals surface area contributed by atoms with Crippen LogP contribution >= 0.6 is 27.7 Å². The molecule has 0 atom stereocenters. The Kier molecular flexibility index (Phi) is 4.04. The average Bonchev–Trinajstić information content (AvgIpc) is 3.31. The first-order valence-electron chi connectivity index (χ1n) is 6.84. The molecule has 108 valence electrons. The fourth-order valence-electron chi connectivity index (χ4n) is 2.17. The minimum absolute atomic E-state index is 0.106. The summed E-state index contributed by atoms with van der Waals surface area (Å²) in [6.45, 7) is 0. The first kappa shape index (κ1) is 14.3. The molecule has 1 aromatic rings. The zero-order valence-electron chi connectivity index (χ0n) is 11.4. The van der Waals surface area contributed by atoms with Gasteiger partial charge in [-0.25, -0.2) is 9.97 Å². The molecule has 3 rings (SSSR count). The van der Waals surface area contributed by atoms with Crippen molar-refractivity contribution in [2.45, 2.75) is 43.0 Å². The van der Waals surface area contributed by atoms with Gasteiger partial charge >= 0.3 is 5.97 Å². The van der Waals surface area contributed by atoms with Crippen molar-refractivity contribution in [3.63, 3.8) is 0 Å². The molecule has 0 bridgehead atoms. The maximum absolute atomic E-state index is 11.4. The summed E-state index contributed by atoms with van der Waals surface area (Å²) < 4.78 is 5.63. The van der Waals surface area contributed by atoms with Crippen LogP contribution < -0.4 is 0 Å². The van der Waals surface area contributed by atoms with E-state index in [1.807, 2.05) is 6.07 Å². The number of rotatable bonds is 6. The van der Waals surface area contributed by atoms with Gasteiger partial charge in [0.25, 0.3) is 0 Å². The first-order valence-corrected chi connectivity index (χ1v) is 8.62. The third-order valence-electron chi connectivity index (χ3n) is 3.86. The van der Waals surface area contributed by atoms with Crippen LogP contribution in [0.25, 0.3) is 0 Å². The number of carbonyl (C=O) groups is 1. The Morgan fingerprint density at radius 1 is 1.50 bits per heavy atom. The molecule has 4 nitrogen and oxygen atoms in total. The predicted octanol–water partition coefficient (Wildman–Crippen LogP) is 3.55. The molecule has 2 saturated carbocycles. The fourth-order valence-corrected chi connectivity index (χ4v) is 3.91. The lowest BCUT2D eigenvalue weighted by atomic mass is 10.1. The summed E-state index contributed by atoms with van der Waals surface area (Å²) in [5.74, 6) is 2.33. The van der Waals surface area contributed by atoms with Gasteiger partial charge in [-0.05, 0) is 47.0 Å². The van der Waals surface area contributed by atoms with Gasteiger partial charge in [0.15, 0.2) is 0 Å². The summed E-state index contributed by atoms with van der Waals surface area (Å²) >= 11 is 5.19. The van der Waals surface area contributed by atoms with Gasteiger partial charge in [-0.3, -0.25) is 4.79 Å². The number of thioether (sulfide) groups is 1. The molecule has 2 aliphatic rings. The lowest BCUT2D eigenvalue weighted by molar-refractivity contribution is -0.141. The minimum Gasteiger partial charge on any atom is -0.469 e. The third kappa shape index (κ3) is 3.52. The normalized spacial score (nSPS) is 19.7. The van der Waals surface area contributed by atoms with Crippen LogP contribution in [0.3, 0.4) is 0 Å². The molecule has 6 heteroatoms. The summed E-state index contributed by atoms with van der Waals surface area (Å²) in [6.07, 6.45) is 5.14. The van der Waals surface area contributed by atoms with Crippen molar-refractivity contribution in [1.82, 2.24) is 9.97 Å². The van der Waals surface area contributed by atoms with Gasteiger partial charge in [-0.15, -0.1) is 11.8 Å². The van der Waals surface area contributed by atoms with Crippen LogP contribution in [0.1, 0.15) is 43.8 Å². The van der Waals surface area contributed by atoms with E-state index in [0.29, 0.717) is 12.3 Å². The van der Waals surface area contributed by atoms with Gasteiger partial charge in [-0.1, -0.05) is 0 Å². The Bertz CT molecular complexity index is 530. The molecular weight excluding hydrogens is 340 g/mol. The van der Waals surface area contributed by atoms with Crippen LogP contribution in [0.15, 0.2) is 15.7 Å². The van der Waals surface area contributed by atoms with Gasteiger partial charge in [0, 0.05) is 17.7 Å². The SMILES string of the molecule is COC(=O)CC1(CSc2cc(Br)nc(C3CC3)n2)CC1. The number of halogens is 1. The Hall–Kier alpha value is -0.620. The fraction of sp³-hybridized carbons (Fsp3) is 0.643. The number of nitrogens with zero attached hydrogens (tertiary/aromatic N) is 2. The maximum Gasteiger partial charge on any atom is 0.306 e. The van der Waals surface area contributed by atoms with Crippen molar-refractivity contribution in [1.29, 1.82) is 0 Å². The Morgan fingerprint density at radius 3 is 2.85 bits per heavy atom. The van der Waals surface area contributed by atoms with Gasteiger partial charge < -0.3 is 4.74 Å². The molecule has 20 heavy (non-hydrogen) atoms. The van der Waals surface area contributed by atoms with Crippen molar-refractivity contribution < 1.29 is 9.53 Å². The van der Waals surface area contributed by atoms with E-state index in [1.165, 1.54) is 20.0 Å². The molecule has 0 amide bonds. The van der Waals surface area contributed by atoms with Crippen LogP contribution in [-0.2, 0) is 9.53 Å². The number of hydrogen-bond acceptors (Lipinski definition) is 5. The van der Waals surface area contributed by atoms with E-state index in [0.717, 1.165) is 34.0 Å². The topological polar surface area (TPSA) is 52.1 Å². The largest absolute Gasteiger partial charge is 0.469 e. The molecule has 2 aliphatic carbocycles. The summed E-state index contributed by atoms with van der Waals surface area (Å²) in [5, 5.41) is 1.00. The highest BCUT2D eigenvalue weighted by Gasteiger charge is 2.44. The summed E-state index contributed by atoms with van der Waals surface area (Å²) in [6, 6.07) is 1.96. The predicted molar refractivity (Wildman–Crippen MR) is 80.7 cm³/mol. The van der Waals surface area contributed by atoms with Gasteiger partial charge in [0.1, 0.15) is 15.5 Å². The molecular formula is C14H17BrN2O2S. The highest BCUT2D eigenvalue weighted by molar-refractivity contribution is 9.10. The lowest BCUT2D eigenvalue weighted by Gasteiger charge is -2.13. The molecule has 0 aromatic carbocycles. The van der Waals surface area contributed by atoms with E-state index in [9.17, 15) is 4.79 Å². The van der Waals surface area contributed by atoms with E-state index in [4.69, 9.17) is 4.74 Å². The smallest absolute Gasteiger partial charge is 0.306 e. The number of aromatic nitrogens is 2. The summed E-state index contributed by atoms with van der Waals surface area (Å²) in [7, 11) is 1.45. The molecule has 1 aromatic heterocycles.